The molecular formula is C8H5BrF4O3. The number of rotatable bonds is 2. The van der Waals surface area contributed by atoms with Crippen LogP contribution in [-0.2, 0) is 9.53 Å². The van der Waals surface area contributed by atoms with Crippen molar-refractivity contribution in [3.8, 4) is 0 Å². The monoisotopic (exact) mass is 304 g/mol. The summed E-state index contributed by atoms with van der Waals surface area (Å²) in [7, 11) is 0. The largest absolute Gasteiger partial charge is 0.523 e. The average Bonchev–Trinajstić information content (AvgIpc) is 2.08. The highest BCUT2D eigenvalue weighted by Crippen LogP contribution is 2.36. The van der Waals surface area contributed by atoms with Crippen molar-refractivity contribution < 1.29 is 32.2 Å². The molecule has 0 saturated carbocycles. The van der Waals surface area contributed by atoms with Gasteiger partial charge < -0.3 is 5.11 Å². The van der Waals surface area contributed by atoms with E-state index in [0.717, 1.165) is 0 Å². The van der Waals surface area contributed by atoms with Crippen LogP contribution in [-0.4, -0.2) is 27.9 Å². The lowest BCUT2D eigenvalue weighted by atomic mass is 9.97. The summed E-state index contributed by atoms with van der Waals surface area (Å²) in [4.78, 5) is 10.8. The van der Waals surface area contributed by atoms with E-state index in [9.17, 15) is 22.4 Å². The molecule has 0 aromatic heterocycles. The Morgan fingerprint density at radius 2 is 2.12 bits per heavy atom. The van der Waals surface area contributed by atoms with E-state index in [1.165, 1.54) is 0 Å². The van der Waals surface area contributed by atoms with Crippen LogP contribution in [0.4, 0.5) is 17.6 Å². The smallest absolute Gasteiger partial charge is 0.480 e. The van der Waals surface area contributed by atoms with E-state index in [2.05, 4.69) is 20.7 Å². The molecule has 1 aliphatic carbocycles. The van der Waals surface area contributed by atoms with Crippen LogP contribution < -0.4 is 0 Å². The van der Waals surface area contributed by atoms with Crippen LogP contribution in [0.25, 0.3) is 0 Å². The van der Waals surface area contributed by atoms with Crippen molar-refractivity contribution in [3.63, 3.8) is 0 Å². The quantitative estimate of drug-likeness (QED) is 0.630. The maximum Gasteiger partial charge on any atom is 0.523 e. The zero-order valence-electron chi connectivity index (χ0n) is 7.46. The first-order chi connectivity index (χ1) is 7.15. The minimum atomic E-state index is -5.01. The van der Waals surface area contributed by atoms with Gasteiger partial charge in [0.05, 0.1) is 0 Å². The fourth-order valence-corrected chi connectivity index (χ4v) is 1.57. The van der Waals surface area contributed by atoms with Gasteiger partial charge in [-0.2, -0.15) is 0 Å². The van der Waals surface area contributed by atoms with Crippen LogP contribution in [0.3, 0.4) is 0 Å². The Balaban J connectivity index is 3.01. The normalized spacial score (nSPS) is 30.1. The number of carboxylic acids is 1. The van der Waals surface area contributed by atoms with Crippen molar-refractivity contribution in [3.05, 3.63) is 24.1 Å². The van der Waals surface area contributed by atoms with Gasteiger partial charge in [0.25, 0.3) is 0 Å². The summed E-state index contributed by atoms with van der Waals surface area (Å²) in [6.45, 7) is 0. The number of hydrogen-bond donors (Lipinski definition) is 1. The summed E-state index contributed by atoms with van der Waals surface area (Å²) in [5, 5.41) is 8.74. The fraction of sp³-hybridized carbons (Fsp3) is 0.375. The van der Waals surface area contributed by atoms with Gasteiger partial charge in [0, 0.05) is 0 Å². The Kier molecular flexibility index (Phi) is 3.44. The summed E-state index contributed by atoms with van der Waals surface area (Å²) < 4.78 is 50.0. The summed E-state index contributed by atoms with van der Waals surface area (Å²) in [5.74, 6) is -2.64. The molecule has 1 aliphatic rings. The van der Waals surface area contributed by atoms with Crippen molar-refractivity contribution >= 4 is 21.9 Å². The molecule has 90 valence electrons. The van der Waals surface area contributed by atoms with E-state index in [4.69, 9.17) is 5.11 Å². The highest BCUT2D eigenvalue weighted by Gasteiger charge is 2.48. The molecule has 0 aromatic carbocycles. The van der Waals surface area contributed by atoms with E-state index >= 15 is 0 Å². The van der Waals surface area contributed by atoms with Gasteiger partial charge in [-0.25, -0.2) is 4.39 Å². The second-order valence-electron chi connectivity index (χ2n) is 2.95. The van der Waals surface area contributed by atoms with E-state index in [-0.39, 0.29) is 0 Å². The topological polar surface area (TPSA) is 46.5 Å². The van der Waals surface area contributed by atoms with Crippen molar-refractivity contribution in [1.82, 2.24) is 0 Å². The van der Waals surface area contributed by atoms with Crippen LogP contribution in [0.1, 0.15) is 0 Å². The molecule has 8 heteroatoms. The summed E-state index contributed by atoms with van der Waals surface area (Å²) in [6.07, 6.45) is -4.98. The number of aliphatic carboxylic acids is 1. The van der Waals surface area contributed by atoms with Crippen LogP contribution in [0.5, 0.6) is 0 Å². The number of ether oxygens (including phenoxy) is 1. The molecule has 16 heavy (non-hydrogen) atoms. The lowest BCUT2D eigenvalue weighted by Gasteiger charge is -2.29. The third-order valence-electron chi connectivity index (χ3n) is 1.78. The first-order valence-corrected chi connectivity index (χ1v) is 4.68. The first kappa shape index (κ1) is 13.2. The van der Waals surface area contributed by atoms with Crippen LogP contribution in [0.2, 0.25) is 0 Å². The number of carboxylic acid groups (broad SMARTS) is 1. The maximum atomic E-state index is 12.8. The van der Waals surface area contributed by atoms with Gasteiger partial charge in [0.1, 0.15) is 11.9 Å². The number of alkyl halides is 4. The maximum absolute atomic E-state index is 12.8. The zero-order chi connectivity index (χ0) is 12.6. The van der Waals surface area contributed by atoms with Gasteiger partial charge in [0.2, 0.25) is 0 Å². The molecule has 0 saturated heterocycles. The molecule has 0 bridgehead atoms. The zero-order valence-corrected chi connectivity index (χ0v) is 9.05. The van der Waals surface area contributed by atoms with Crippen LogP contribution in [0, 0.1) is 0 Å². The number of carbonyl (C=O) groups is 1. The third-order valence-corrected chi connectivity index (χ3v) is 2.80. The summed E-state index contributed by atoms with van der Waals surface area (Å²) in [6, 6.07) is 0. The van der Waals surface area contributed by atoms with Gasteiger partial charge in [-0.3, -0.25) is 9.53 Å². The van der Waals surface area contributed by atoms with Gasteiger partial charge in [-0.05, 0) is 12.2 Å². The second kappa shape index (κ2) is 4.17. The van der Waals surface area contributed by atoms with E-state index in [1.54, 1.807) is 0 Å². The summed E-state index contributed by atoms with van der Waals surface area (Å²) >= 11 is 2.53. The van der Waals surface area contributed by atoms with E-state index < -0.39 is 28.6 Å². The highest BCUT2D eigenvalue weighted by molar-refractivity contribution is 9.10. The molecule has 3 nitrogen and oxygen atoms in total. The lowest BCUT2D eigenvalue weighted by molar-refractivity contribution is -0.337. The second-order valence-corrected chi connectivity index (χ2v) is 4.26. The average molecular weight is 305 g/mol. The number of halogens is 5. The SMILES string of the molecule is O=C(O)C1(Br)C=C(F)C=CC1OC(F)(F)F. The molecule has 2 unspecified atom stereocenters. The van der Waals surface area contributed by atoms with Crippen LogP contribution in [0.15, 0.2) is 24.1 Å². The highest BCUT2D eigenvalue weighted by atomic mass is 79.9. The molecular weight excluding hydrogens is 300 g/mol. The van der Waals surface area contributed by atoms with Crippen molar-refractivity contribution in [2.75, 3.05) is 0 Å². The van der Waals surface area contributed by atoms with Crippen LogP contribution >= 0.6 is 15.9 Å². The molecule has 2 atom stereocenters. The Labute approximate surface area is 95.5 Å². The number of allylic oxidation sites excluding steroid dienone is 2. The van der Waals surface area contributed by atoms with Gasteiger partial charge in [-0.15, -0.1) is 13.2 Å². The van der Waals surface area contributed by atoms with Crippen molar-refractivity contribution in [2.45, 2.75) is 16.8 Å². The lowest BCUT2D eigenvalue weighted by Crippen LogP contribution is -2.46. The molecule has 0 aliphatic heterocycles. The van der Waals surface area contributed by atoms with E-state index in [1.807, 2.05) is 0 Å². The van der Waals surface area contributed by atoms with Crippen molar-refractivity contribution in [2.24, 2.45) is 0 Å². The minimum absolute atomic E-state index is 0.506. The number of hydrogen-bond acceptors (Lipinski definition) is 2. The standard InChI is InChI=1S/C8H5BrF4O3/c9-7(6(14)15)3-4(10)1-2-5(7)16-8(11,12)13/h1-3,5H,(H,14,15). The molecule has 0 fully saturated rings. The molecule has 0 amide bonds. The first-order valence-electron chi connectivity index (χ1n) is 3.88. The Morgan fingerprint density at radius 3 is 2.56 bits per heavy atom. The minimum Gasteiger partial charge on any atom is -0.480 e. The predicted molar refractivity (Wildman–Crippen MR) is 48.6 cm³/mol. The van der Waals surface area contributed by atoms with Gasteiger partial charge in [-0.1, -0.05) is 22.0 Å². The molecule has 0 radical (unpaired) electrons. The van der Waals surface area contributed by atoms with Crippen molar-refractivity contribution in [1.29, 1.82) is 0 Å². The predicted octanol–water partition coefficient (Wildman–Crippen LogP) is 2.53. The van der Waals surface area contributed by atoms with Gasteiger partial charge in [0.15, 0.2) is 4.32 Å². The molecule has 0 heterocycles. The third kappa shape index (κ3) is 2.82. The Morgan fingerprint density at radius 1 is 1.56 bits per heavy atom. The fourth-order valence-electron chi connectivity index (χ4n) is 1.10. The molecule has 1 N–H and O–H groups in total. The Bertz CT molecular complexity index is 363. The molecule has 0 spiro atoms. The Hall–Kier alpha value is -0.890. The molecule has 1 rings (SSSR count). The molecule has 0 aromatic rings. The van der Waals surface area contributed by atoms with E-state index in [0.29, 0.717) is 18.2 Å². The summed E-state index contributed by atoms with van der Waals surface area (Å²) in [5.41, 5.74) is 0. The van der Waals surface area contributed by atoms with Gasteiger partial charge >= 0.3 is 12.3 Å².